The Morgan fingerprint density at radius 2 is 1.88 bits per heavy atom. The number of hydrogen-bond acceptors (Lipinski definition) is 4. The second-order valence-electron chi connectivity index (χ2n) is 7.97. The lowest BCUT2D eigenvalue weighted by Gasteiger charge is -2.51. The van der Waals surface area contributed by atoms with Crippen LogP contribution in [0.2, 0.25) is 0 Å². The molecule has 3 aliphatic heterocycles. The minimum absolute atomic E-state index is 0.204. The molecule has 6 nitrogen and oxygen atoms in total. The number of H-pyrrole nitrogens is 2. The lowest BCUT2D eigenvalue weighted by molar-refractivity contribution is -0.0316. The third-order valence-corrected chi connectivity index (χ3v) is 6.51. The molecule has 0 amide bonds. The number of aromatic nitrogens is 3. The molecule has 3 saturated heterocycles. The lowest BCUT2D eigenvalue weighted by Crippen LogP contribution is -2.56. The van der Waals surface area contributed by atoms with Crippen LogP contribution in [0, 0.1) is 17.8 Å². The van der Waals surface area contributed by atoms with E-state index in [0.717, 1.165) is 43.2 Å². The molecule has 1 aromatic carbocycles. The topological polar surface area (TPSA) is 68.0 Å². The number of nitrogens with one attached hydrogen (secondary N) is 2. The molecule has 2 bridgehead atoms. The van der Waals surface area contributed by atoms with Gasteiger partial charge in [0.1, 0.15) is 5.82 Å². The second kappa shape index (κ2) is 6.11. The van der Waals surface area contributed by atoms with Gasteiger partial charge in [0.25, 0.3) is 0 Å². The molecule has 2 aromatic rings. The summed E-state index contributed by atoms with van der Waals surface area (Å²) in [7, 11) is 0. The zero-order valence-corrected chi connectivity index (χ0v) is 14.4. The minimum atomic E-state index is -0.204. The summed E-state index contributed by atoms with van der Waals surface area (Å²) in [6, 6.07) is 11.5. The van der Waals surface area contributed by atoms with Gasteiger partial charge in [-0.05, 0) is 36.2 Å². The van der Waals surface area contributed by atoms with Crippen molar-refractivity contribution in [2.24, 2.45) is 17.8 Å². The molecule has 1 saturated carbocycles. The molecular weight excluding hydrogens is 314 g/mol. The molecule has 4 unspecified atom stereocenters. The Labute approximate surface area is 147 Å². The van der Waals surface area contributed by atoms with Gasteiger partial charge in [0.15, 0.2) is 0 Å². The lowest BCUT2D eigenvalue weighted by atomic mass is 9.67. The third-order valence-electron chi connectivity index (χ3n) is 6.51. The zero-order valence-electron chi connectivity index (χ0n) is 14.4. The van der Waals surface area contributed by atoms with Crippen molar-refractivity contribution in [1.29, 1.82) is 0 Å². The van der Waals surface area contributed by atoms with E-state index in [9.17, 15) is 4.79 Å². The fraction of sp³-hybridized carbons (Fsp3) is 0.579. The van der Waals surface area contributed by atoms with E-state index in [0.29, 0.717) is 6.04 Å². The third kappa shape index (κ3) is 2.83. The summed E-state index contributed by atoms with van der Waals surface area (Å²) in [4.78, 5) is 19.3. The number of benzene rings is 1. The molecular formula is C19H25N5O. The predicted octanol–water partition coefficient (Wildman–Crippen LogP) is 1.44. The van der Waals surface area contributed by atoms with Gasteiger partial charge in [-0.3, -0.25) is 14.8 Å². The summed E-state index contributed by atoms with van der Waals surface area (Å²) in [5, 5.41) is 6.59. The van der Waals surface area contributed by atoms with Gasteiger partial charge >= 0.3 is 5.69 Å². The summed E-state index contributed by atoms with van der Waals surface area (Å²) in [5.74, 6) is 3.17. The van der Waals surface area contributed by atoms with E-state index in [1.54, 1.807) is 0 Å². The molecule has 132 valence electrons. The van der Waals surface area contributed by atoms with Crippen LogP contribution in [0.4, 0.5) is 0 Å². The van der Waals surface area contributed by atoms with Crippen LogP contribution in [0.1, 0.15) is 24.2 Å². The standard InChI is InChI=1S/C19H25N5O/c25-19-20-18(21-22-19)12-24-9-14-6-7-17(24)16-11-23(10-15(14)16)8-13-4-2-1-3-5-13/h1-5,14-17H,6-12H2,(H2,20,21,22,25). The van der Waals surface area contributed by atoms with Crippen LogP contribution in [0.25, 0.3) is 0 Å². The van der Waals surface area contributed by atoms with Gasteiger partial charge in [-0.15, -0.1) is 0 Å². The highest BCUT2D eigenvalue weighted by atomic mass is 16.1. The molecule has 6 heteroatoms. The van der Waals surface area contributed by atoms with E-state index < -0.39 is 0 Å². The first-order chi connectivity index (χ1) is 12.3. The highest BCUT2D eigenvalue weighted by Crippen LogP contribution is 2.47. The molecule has 0 radical (unpaired) electrons. The Morgan fingerprint density at radius 3 is 2.68 bits per heavy atom. The van der Waals surface area contributed by atoms with Crippen LogP contribution in [0.3, 0.4) is 0 Å². The summed E-state index contributed by atoms with van der Waals surface area (Å²) >= 11 is 0. The zero-order chi connectivity index (χ0) is 16.8. The Balaban J connectivity index is 1.29. The first kappa shape index (κ1) is 15.3. The van der Waals surface area contributed by atoms with E-state index in [2.05, 4.69) is 55.3 Å². The Bertz CT molecular complexity index is 784. The number of rotatable bonds is 4. The average molecular weight is 339 g/mol. The SMILES string of the molecule is O=c1[nH]nc(CN2CC3CCC2C2CN(Cc4ccccc4)CC32)[nH]1. The summed E-state index contributed by atoms with van der Waals surface area (Å²) in [5.41, 5.74) is 1.21. The van der Waals surface area contributed by atoms with E-state index >= 15 is 0 Å². The molecule has 4 aliphatic rings. The number of likely N-dealkylation sites (tertiary alicyclic amines) is 1. The fourth-order valence-electron chi connectivity index (χ4n) is 5.50. The van der Waals surface area contributed by atoms with Crippen molar-refractivity contribution < 1.29 is 0 Å². The quantitative estimate of drug-likeness (QED) is 0.884. The van der Waals surface area contributed by atoms with Crippen molar-refractivity contribution >= 4 is 0 Å². The Hall–Kier alpha value is -1.92. The van der Waals surface area contributed by atoms with Crippen molar-refractivity contribution in [2.75, 3.05) is 19.6 Å². The van der Waals surface area contributed by atoms with Crippen molar-refractivity contribution in [3.05, 3.63) is 52.2 Å². The fourth-order valence-corrected chi connectivity index (χ4v) is 5.50. The number of piperidine rings is 2. The highest BCUT2D eigenvalue weighted by molar-refractivity contribution is 5.15. The normalized spacial score (nSPS) is 32.2. The first-order valence-corrected chi connectivity index (χ1v) is 9.40. The smallest absolute Gasteiger partial charge is 0.298 e. The molecule has 1 aliphatic carbocycles. The monoisotopic (exact) mass is 339 g/mol. The van der Waals surface area contributed by atoms with Crippen LogP contribution in [-0.4, -0.2) is 50.7 Å². The minimum Gasteiger partial charge on any atom is -0.298 e. The molecule has 0 spiro atoms. The number of aromatic amines is 2. The van der Waals surface area contributed by atoms with Gasteiger partial charge in [-0.1, -0.05) is 30.3 Å². The number of fused-ring (bicyclic) bond motifs is 2. The summed E-state index contributed by atoms with van der Waals surface area (Å²) < 4.78 is 0. The number of nitrogens with zero attached hydrogens (tertiary/aromatic N) is 3. The van der Waals surface area contributed by atoms with Crippen LogP contribution < -0.4 is 5.69 Å². The Morgan fingerprint density at radius 1 is 1.04 bits per heavy atom. The maximum Gasteiger partial charge on any atom is 0.340 e. The van der Waals surface area contributed by atoms with Crippen molar-refractivity contribution in [1.82, 2.24) is 25.0 Å². The van der Waals surface area contributed by atoms with Gasteiger partial charge in [-0.25, -0.2) is 9.89 Å². The van der Waals surface area contributed by atoms with E-state index in [-0.39, 0.29) is 5.69 Å². The van der Waals surface area contributed by atoms with E-state index in [1.165, 1.54) is 31.5 Å². The van der Waals surface area contributed by atoms with Gasteiger partial charge < -0.3 is 0 Å². The van der Waals surface area contributed by atoms with Gasteiger partial charge in [-0.2, -0.15) is 5.10 Å². The predicted molar refractivity (Wildman–Crippen MR) is 94.8 cm³/mol. The summed E-state index contributed by atoms with van der Waals surface area (Å²) in [6.45, 7) is 5.43. The maximum absolute atomic E-state index is 11.3. The van der Waals surface area contributed by atoms with Crippen molar-refractivity contribution in [3.63, 3.8) is 0 Å². The Kier molecular flexibility index (Phi) is 3.75. The van der Waals surface area contributed by atoms with E-state index in [1.807, 2.05) is 0 Å². The molecule has 6 rings (SSSR count). The molecule has 4 heterocycles. The molecule has 1 aromatic heterocycles. The van der Waals surface area contributed by atoms with Crippen LogP contribution >= 0.6 is 0 Å². The molecule has 25 heavy (non-hydrogen) atoms. The van der Waals surface area contributed by atoms with Gasteiger partial charge in [0.05, 0.1) is 6.54 Å². The largest absolute Gasteiger partial charge is 0.340 e. The number of hydrogen-bond donors (Lipinski definition) is 2. The molecule has 4 fully saturated rings. The van der Waals surface area contributed by atoms with Crippen molar-refractivity contribution in [2.45, 2.75) is 32.0 Å². The van der Waals surface area contributed by atoms with Gasteiger partial charge in [0.2, 0.25) is 0 Å². The van der Waals surface area contributed by atoms with Crippen LogP contribution in [0.15, 0.2) is 35.1 Å². The van der Waals surface area contributed by atoms with Crippen LogP contribution in [0.5, 0.6) is 0 Å². The van der Waals surface area contributed by atoms with E-state index in [4.69, 9.17) is 0 Å². The highest BCUT2D eigenvalue weighted by Gasteiger charge is 2.51. The average Bonchev–Trinajstić information content (AvgIpc) is 3.23. The second-order valence-corrected chi connectivity index (χ2v) is 7.97. The van der Waals surface area contributed by atoms with Crippen molar-refractivity contribution in [3.8, 4) is 0 Å². The van der Waals surface area contributed by atoms with Gasteiger partial charge in [0, 0.05) is 32.2 Å². The first-order valence-electron chi connectivity index (χ1n) is 9.40. The summed E-state index contributed by atoms with van der Waals surface area (Å²) in [6.07, 6.45) is 2.65. The van der Waals surface area contributed by atoms with Crippen LogP contribution in [-0.2, 0) is 13.1 Å². The molecule has 4 atom stereocenters. The maximum atomic E-state index is 11.3. The molecule has 2 N–H and O–H groups in total.